The number of aliphatic hydroxyl groups excluding tert-OH is 1. The van der Waals surface area contributed by atoms with Crippen molar-refractivity contribution in [2.75, 3.05) is 0 Å². The van der Waals surface area contributed by atoms with Crippen LogP contribution in [0, 0.1) is 24.0 Å². The van der Waals surface area contributed by atoms with Crippen LogP contribution in [0.1, 0.15) is 33.9 Å². The molecule has 0 bridgehead atoms. The fourth-order valence-corrected chi connectivity index (χ4v) is 4.08. The van der Waals surface area contributed by atoms with Gasteiger partial charge in [0.25, 0.3) is 17.4 Å². The lowest BCUT2D eigenvalue weighted by Gasteiger charge is -2.25. The molecule has 7 nitrogen and oxygen atoms in total. The molecule has 0 radical (unpaired) electrons. The van der Waals surface area contributed by atoms with Crippen LogP contribution in [-0.2, 0) is 16.1 Å². The van der Waals surface area contributed by atoms with Gasteiger partial charge in [-0.15, -0.1) is 0 Å². The van der Waals surface area contributed by atoms with Gasteiger partial charge >= 0.3 is 0 Å². The molecule has 166 valence electrons. The molecule has 1 N–H and O–H groups in total. The zero-order valence-electron chi connectivity index (χ0n) is 18.2. The highest BCUT2D eigenvalue weighted by Gasteiger charge is 2.46. The van der Waals surface area contributed by atoms with E-state index in [1.54, 1.807) is 6.07 Å². The molecule has 7 heteroatoms. The van der Waals surface area contributed by atoms with Crippen LogP contribution in [0.2, 0.25) is 0 Å². The van der Waals surface area contributed by atoms with E-state index >= 15 is 0 Å². The van der Waals surface area contributed by atoms with Crippen molar-refractivity contribution in [1.29, 1.82) is 0 Å². The van der Waals surface area contributed by atoms with Gasteiger partial charge in [0.05, 0.1) is 16.5 Å². The Labute approximate surface area is 190 Å². The number of nitrogens with zero attached hydrogens (tertiary/aromatic N) is 2. The lowest BCUT2D eigenvalue weighted by Crippen LogP contribution is -2.29. The third-order valence-electron chi connectivity index (χ3n) is 5.80. The number of hydrogen-bond donors (Lipinski definition) is 1. The van der Waals surface area contributed by atoms with Gasteiger partial charge in [-0.2, -0.15) is 0 Å². The van der Waals surface area contributed by atoms with Gasteiger partial charge in [-0.05, 0) is 48.7 Å². The summed E-state index contributed by atoms with van der Waals surface area (Å²) in [5.74, 6) is -1.77. The van der Waals surface area contributed by atoms with E-state index in [-0.39, 0.29) is 23.6 Å². The van der Waals surface area contributed by atoms with Gasteiger partial charge in [-0.25, -0.2) is 0 Å². The zero-order valence-corrected chi connectivity index (χ0v) is 18.2. The van der Waals surface area contributed by atoms with Gasteiger partial charge in [0.15, 0.2) is 0 Å². The Hall–Kier alpha value is -4.26. The Kier molecular flexibility index (Phi) is 5.79. The van der Waals surface area contributed by atoms with Crippen molar-refractivity contribution in [3.63, 3.8) is 0 Å². The molecule has 1 atom stereocenters. The second-order valence-electron chi connectivity index (χ2n) is 8.08. The lowest BCUT2D eigenvalue weighted by molar-refractivity contribution is -0.384. The highest BCUT2D eigenvalue weighted by Crippen LogP contribution is 2.41. The number of aliphatic hydroxyl groups is 1. The third-order valence-corrected chi connectivity index (χ3v) is 5.80. The molecule has 0 aliphatic carbocycles. The van der Waals surface area contributed by atoms with Crippen molar-refractivity contribution >= 4 is 23.1 Å². The fourth-order valence-electron chi connectivity index (χ4n) is 4.08. The Morgan fingerprint density at radius 2 is 1.67 bits per heavy atom. The van der Waals surface area contributed by atoms with E-state index in [4.69, 9.17) is 0 Å². The SMILES string of the molecule is Cc1ccc(C)c(C(O)=C2C(=O)C(=O)N(Cc3ccccc3)C2c2ccc([N+](=O)[O-])cc2)c1. The largest absolute Gasteiger partial charge is 0.507 e. The number of aryl methyl sites for hydroxylation is 2. The lowest BCUT2D eigenvalue weighted by atomic mass is 9.93. The van der Waals surface area contributed by atoms with Crippen LogP contribution in [0.3, 0.4) is 0 Å². The minimum Gasteiger partial charge on any atom is -0.507 e. The molecule has 33 heavy (non-hydrogen) atoms. The first-order chi connectivity index (χ1) is 15.8. The van der Waals surface area contributed by atoms with Crippen LogP contribution in [0.4, 0.5) is 5.69 Å². The first-order valence-corrected chi connectivity index (χ1v) is 10.4. The van der Waals surface area contributed by atoms with Crippen molar-refractivity contribution in [3.8, 4) is 0 Å². The minimum atomic E-state index is -0.883. The van der Waals surface area contributed by atoms with E-state index in [0.717, 1.165) is 16.7 Å². The van der Waals surface area contributed by atoms with Gasteiger partial charge in [-0.3, -0.25) is 19.7 Å². The van der Waals surface area contributed by atoms with Crippen molar-refractivity contribution in [2.45, 2.75) is 26.4 Å². The summed E-state index contributed by atoms with van der Waals surface area (Å²) in [7, 11) is 0. The summed E-state index contributed by atoms with van der Waals surface area (Å²) >= 11 is 0. The smallest absolute Gasteiger partial charge is 0.295 e. The predicted octanol–water partition coefficient (Wildman–Crippen LogP) is 4.83. The molecule has 0 saturated carbocycles. The summed E-state index contributed by atoms with van der Waals surface area (Å²) in [6, 6.07) is 19.5. The number of carbonyl (C=O) groups is 2. The van der Waals surface area contributed by atoms with Crippen molar-refractivity contribution < 1.29 is 19.6 Å². The highest BCUT2D eigenvalue weighted by molar-refractivity contribution is 6.46. The number of likely N-dealkylation sites (tertiary alicyclic amines) is 1. The Balaban J connectivity index is 1.89. The normalized spacial score (nSPS) is 17.4. The fraction of sp³-hybridized carbons (Fsp3) is 0.154. The third kappa shape index (κ3) is 4.13. The number of amides is 1. The Bertz CT molecular complexity index is 1280. The molecule has 3 aromatic carbocycles. The molecule has 1 saturated heterocycles. The molecule has 1 aliphatic rings. The summed E-state index contributed by atoms with van der Waals surface area (Å²) in [5.41, 5.74) is 3.31. The predicted molar refractivity (Wildman–Crippen MR) is 123 cm³/mol. The number of nitro groups is 1. The summed E-state index contributed by atoms with van der Waals surface area (Å²) in [6.07, 6.45) is 0. The van der Waals surface area contributed by atoms with Gasteiger partial charge in [0, 0.05) is 24.2 Å². The summed E-state index contributed by atoms with van der Waals surface area (Å²) < 4.78 is 0. The number of nitro benzene ring substituents is 1. The van der Waals surface area contributed by atoms with E-state index in [1.165, 1.54) is 29.2 Å². The molecule has 1 unspecified atom stereocenters. The number of hydrogen-bond acceptors (Lipinski definition) is 5. The number of carbonyl (C=O) groups excluding carboxylic acids is 2. The first-order valence-electron chi connectivity index (χ1n) is 10.4. The van der Waals surface area contributed by atoms with E-state index in [9.17, 15) is 24.8 Å². The average molecular weight is 442 g/mol. The molecular weight excluding hydrogens is 420 g/mol. The van der Waals surface area contributed by atoms with Gasteiger partial charge in [0.2, 0.25) is 0 Å². The van der Waals surface area contributed by atoms with E-state index in [1.807, 2.05) is 56.3 Å². The van der Waals surface area contributed by atoms with Crippen LogP contribution in [0.5, 0.6) is 0 Å². The van der Waals surface area contributed by atoms with Crippen LogP contribution < -0.4 is 0 Å². The van der Waals surface area contributed by atoms with Crippen LogP contribution in [-0.4, -0.2) is 26.6 Å². The molecule has 4 rings (SSSR count). The number of benzene rings is 3. The topological polar surface area (TPSA) is 101 Å². The van der Waals surface area contributed by atoms with Crippen LogP contribution in [0.15, 0.2) is 78.4 Å². The molecule has 0 spiro atoms. The Morgan fingerprint density at radius 3 is 2.30 bits per heavy atom. The number of non-ortho nitro benzene ring substituents is 1. The summed E-state index contributed by atoms with van der Waals surface area (Å²) in [5, 5.41) is 22.4. The summed E-state index contributed by atoms with van der Waals surface area (Å²) in [4.78, 5) is 38.2. The molecule has 1 amide bonds. The first kappa shape index (κ1) is 22.0. The van der Waals surface area contributed by atoms with Crippen LogP contribution >= 0.6 is 0 Å². The number of rotatable bonds is 5. The molecule has 1 heterocycles. The molecule has 1 fully saturated rings. The zero-order chi connectivity index (χ0) is 23.7. The maximum absolute atomic E-state index is 13.2. The standard InChI is InChI=1S/C26H22N2O5/c1-16-8-9-17(2)21(14-16)24(29)22-23(19-10-12-20(13-11-19)28(32)33)27(26(31)25(22)30)15-18-6-4-3-5-7-18/h3-14,23,29H,15H2,1-2H3. The second-order valence-corrected chi connectivity index (χ2v) is 8.08. The molecule has 3 aromatic rings. The number of ketones is 1. The van der Waals surface area contributed by atoms with Crippen molar-refractivity contribution in [2.24, 2.45) is 0 Å². The van der Waals surface area contributed by atoms with E-state index in [0.29, 0.717) is 11.1 Å². The monoisotopic (exact) mass is 442 g/mol. The van der Waals surface area contributed by atoms with Gasteiger partial charge in [-0.1, -0.05) is 48.0 Å². The van der Waals surface area contributed by atoms with E-state index in [2.05, 4.69) is 0 Å². The molecule has 0 aromatic heterocycles. The average Bonchev–Trinajstić information content (AvgIpc) is 3.06. The maximum atomic E-state index is 13.2. The van der Waals surface area contributed by atoms with Crippen LogP contribution in [0.25, 0.3) is 5.76 Å². The second kappa shape index (κ2) is 8.70. The quantitative estimate of drug-likeness (QED) is 0.200. The summed E-state index contributed by atoms with van der Waals surface area (Å²) in [6.45, 7) is 3.84. The maximum Gasteiger partial charge on any atom is 0.295 e. The van der Waals surface area contributed by atoms with Crippen molar-refractivity contribution in [1.82, 2.24) is 4.90 Å². The van der Waals surface area contributed by atoms with Gasteiger partial charge in [0.1, 0.15) is 5.76 Å². The Morgan fingerprint density at radius 1 is 1.00 bits per heavy atom. The number of Topliss-reactive ketones (excluding diaryl/α,β-unsaturated/α-hetero) is 1. The van der Waals surface area contributed by atoms with E-state index < -0.39 is 22.7 Å². The minimum absolute atomic E-state index is 0.0292. The molecular formula is C26H22N2O5. The van der Waals surface area contributed by atoms with Gasteiger partial charge < -0.3 is 10.0 Å². The van der Waals surface area contributed by atoms with Crippen molar-refractivity contribution in [3.05, 3.63) is 116 Å². The highest BCUT2D eigenvalue weighted by atomic mass is 16.6. The molecule has 1 aliphatic heterocycles.